The van der Waals surface area contributed by atoms with E-state index in [1.807, 2.05) is 0 Å². The van der Waals surface area contributed by atoms with Crippen molar-refractivity contribution in [2.75, 3.05) is 4.72 Å². The summed E-state index contributed by atoms with van der Waals surface area (Å²) in [5, 5.41) is 8.63. The molecule has 0 radical (unpaired) electrons. The second kappa shape index (κ2) is 5.30. The van der Waals surface area contributed by atoms with Crippen molar-refractivity contribution < 1.29 is 16.8 Å². The lowest BCUT2D eigenvalue weighted by molar-refractivity contribution is 0.597. The molecule has 0 aliphatic rings. The van der Waals surface area contributed by atoms with Crippen LogP contribution in [0.1, 0.15) is 0 Å². The Balaban J connectivity index is 2.36. The number of nitrogens with two attached hydrogens (primary N) is 1. The predicted octanol–water partition coefficient (Wildman–Crippen LogP) is 0.522. The topological polar surface area (TPSA) is 124 Å². The van der Waals surface area contributed by atoms with Gasteiger partial charge in [0, 0.05) is 13.2 Å². The van der Waals surface area contributed by atoms with E-state index in [4.69, 9.17) is 16.7 Å². The van der Waals surface area contributed by atoms with Crippen molar-refractivity contribution in [3.05, 3.63) is 35.6 Å². The highest BCUT2D eigenvalue weighted by Crippen LogP contribution is 2.26. The molecule has 0 fully saturated rings. The maximum absolute atomic E-state index is 12.1. The molecule has 0 saturated carbocycles. The van der Waals surface area contributed by atoms with Crippen molar-refractivity contribution in [1.82, 2.24) is 9.78 Å². The number of halogens is 1. The van der Waals surface area contributed by atoms with Crippen LogP contribution in [-0.2, 0) is 27.1 Å². The van der Waals surface area contributed by atoms with E-state index < -0.39 is 20.0 Å². The maximum atomic E-state index is 12.1. The molecule has 8 nitrogen and oxygen atoms in total. The molecule has 0 spiro atoms. The zero-order valence-electron chi connectivity index (χ0n) is 10.7. The van der Waals surface area contributed by atoms with E-state index in [0.29, 0.717) is 0 Å². The Morgan fingerprint density at radius 2 is 1.90 bits per heavy atom. The Hall–Kier alpha value is -1.62. The Morgan fingerprint density at radius 1 is 1.24 bits per heavy atom. The zero-order chi connectivity index (χ0) is 15.8. The molecule has 0 amide bonds. The molecule has 0 unspecified atom stereocenters. The maximum Gasteiger partial charge on any atom is 0.265 e. The van der Waals surface area contributed by atoms with Crippen molar-refractivity contribution in [2.24, 2.45) is 12.2 Å². The van der Waals surface area contributed by atoms with Crippen LogP contribution in [0.4, 0.5) is 5.69 Å². The molecule has 0 saturated heterocycles. The molecule has 11 heteroatoms. The molecule has 2 rings (SSSR count). The highest BCUT2D eigenvalue weighted by atomic mass is 35.5. The van der Waals surface area contributed by atoms with E-state index >= 15 is 0 Å². The number of benzene rings is 1. The van der Waals surface area contributed by atoms with E-state index in [-0.39, 0.29) is 20.5 Å². The number of aryl methyl sites for hydroxylation is 1. The van der Waals surface area contributed by atoms with Gasteiger partial charge in [0.25, 0.3) is 10.0 Å². The molecular formula is C10H11ClN4O4S2. The second-order valence-electron chi connectivity index (χ2n) is 4.14. The van der Waals surface area contributed by atoms with Gasteiger partial charge in [0.2, 0.25) is 10.0 Å². The van der Waals surface area contributed by atoms with E-state index in [9.17, 15) is 16.8 Å². The summed E-state index contributed by atoms with van der Waals surface area (Å²) < 4.78 is 50.1. The average Bonchev–Trinajstić information content (AvgIpc) is 2.78. The van der Waals surface area contributed by atoms with E-state index in [0.717, 1.165) is 12.1 Å². The van der Waals surface area contributed by atoms with Gasteiger partial charge in [0.1, 0.15) is 4.90 Å². The quantitative estimate of drug-likeness (QED) is 0.831. The van der Waals surface area contributed by atoms with Crippen molar-refractivity contribution >= 4 is 37.3 Å². The normalized spacial score (nSPS) is 12.3. The number of sulfonamides is 2. The number of anilines is 1. The van der Waals surface area contributed by atoms with Gasteiger partial charge in [-0.2, -0.15) is 5.10 Å². The SMILES string of the molecule is Cn1cc(S(=O)(=O)Nc2ccc(S(N)(=O)=O)cc2Cl)cn1. The largest absolute Gasteiger partial charge is 0.278 e. The molecule has 0 aliphatic carbocycles. The van der Waals surface area contributed by atoms with Gasteiger partial charge in [-0.1, -0.05) is 11.6 Å². The van der Waals surface area contributed by atoms with Crippen molar-refractivity contribution in [1.29, 1.82) is 0 Å². The monoisotopic (exact) mass is 350 g/mol. The van der Waals surface area contributed by atoms with Crippen molar-refractivity contribution in [3.8, 4) is 0 Å². The summed E-state index contributed by atoms with van der Waals surface area (Å²) in [6.07, 6.45) is 2.49. The van der Waals surface area contributed by atoms with Gasteiger partial charge in [-0.3, -0.25) is 9.40 Å². The van der Waals surface area contributed by atoms with Crippen LogP contribution in [-0.4, -0.2) is 26.6 Å². The summed E-state index contributed by atoms with van der Waals surface area (Å²) in [4.78, 5) is -0.256. The van der Waals surface area contributed by atoms with Crippen molar-refractivity contribution in [3.63, 3.8) is 0 Å². The number of nitrogens with zero attached hydrogens (tertiary/aromatic N) is 2. The van der Waals surface area contributed by atoms with Gasteiger partial charge in [-0.15, -0.1) is 0 Å². The molecule has 0 aliphatic heterocycles. The van der Waals surface area contributed by atoms with Gasteiger partial charge < -0.3 is 0 Å². The first-order valence-electron chi connectivity index (χ1n) is 5.43. The third-order valence-corrected chi connectivity index (χ3v) is 5.05. The fourth-order valence-corrected chi connectivity index (χ4v) is 3.45. The lowest BCUT2D eigenvalue weighted by atomic mass is 10.3. The number of aromatic nitrogens is 2. The summed E-state index contributed by atoms with van der Waals surface area (Å²) in [6, 6.07) is 3.44. The van der Waals surface area contributed by atoms with E-state index in [1.165, 1.54) is 23.1 Å². The van der Waals surface area contributed by atoms with E-state index in [1.54, 1.807) is 7.05 Å². The van der Waals surface area contributed by atoms with Gasteiger partial charge in [0.15, 0.2) is 0 Å². The second-order valence-corrected chi connectivity index (χ2v) is 7.79. The minimum absolute atomic E-state index is 0.0351. The highest BCUT2D eigenvalue weighted by molar-refractivity contribution is 7.92. The Bertz CT molecular complexity index is 890. The van der Waals surface area contributed by atoms with Crippen LogP contribution in [0, 0.1) is 0 Å². The summed E-state index contributed by atoms with van der Waals surface area (Å²) in [5.74, 6) is 0. The molecule has 1 aromatic carbocycles. The highest BCUT2D eigenvalue weighted by Gasteiger charge is 2.18. The minimum atomic E-state index is -3.91. The number of nitrogens with one attached hydrogen (secondary N) is 1. The van der Waals surface area contributed by atoms with Gasteiger partial charge in [-0.05, 0) is 18.2 Å². The molecule has 1 heterocycles. The van der Waals surface area contributed by atoms with Gasteiger partial charge in [0.05, 0.1) is 21.8 Å². The van der Waals surface area contributed by atoms with Crippen LogP contribution >= 0.6 is 11.6 Å². The fraction of sp³-hybridized carbons (Fsp3) is 0.100. The Morgan fingerprint density at radius 3 is 2.38 bits per heavy atom. The average molecular weight is 351 g/mol. The number of hydrogen-bond acceptors (Lipinski definition) is 5. The standard InChI is InChI=1S/C10H11ClN4O4S2/c1-15-6-8(5-13-15)21(18,19)14-10-3-2-7(4-9(10)11)20(12,16)17/h2-6,14H,1H3,(H2,12,16,17). The third-order valence-electron chi connectivity index (χ3n) is 2.50. The van der Waals surface area contributed by atoms with Gasteiger partial charge >= 0.3 is 0 Å². The number of primary sulfonamides is 1. The first kappa shape index (κ1) is 15.8. The van der Waals surface area contributed by atoms with Crippen LogP contribution in [0.3, 0.4) is 0 Å². The molecule has 3 N–H and O–H groups in total. The molecular weight excluding hydrogens is 340 g/mol. The molecule has 0 bridgehead atoms. The van der Waals surface area contributed by atoms with Crippen LogP contribution in [0.15, 0.2) is 40.4 Å². The number of hydrogen-bond donors (Lipinski definition) is 2. The minimum Gasteiger partial charge on any atom is -0.278 e. The lowest BCUT2D eigenvalue weighted by Gasteiger charge is -2.09. The summed E-state index contributed by atoms with van der Waals surface area (Å²) in [5.41, 5.74) is 0.0351. The van der Waals surface area contributed by atoms with Crippen molar-refractivity contribution in [2.45, 2.75) is 9.79 Å². The first-order chi connectivity index (χ1) is 9.59. The first-order valence-corrected chi connectivity index (χ1v) is 8.84. The fourth-order valence-electron chi connectivity index (χ4n) is 1.50. The smallest absolute Gasteiger partial charge is 0.265 e. The molecule has 21 heavy (non-hydrogen) atoms. The molecule has 1 aromatic heterocycles. The molecule has 0 atom stereocenters. The van der Waals surface area contributed by atoms with Crippen LogP contribution in [0.2, 0.25) is 5.02 Å². The summed E-state index contributed by atoms with van der Waals surface area (Å²) in [7, 11) is -6.20. The lowest BCUT2D eigenvalue weighted by Crippen LogP contribution is -2.14. The number of rotatable bonds is 4. The zero-order valence-corrected chi connectivity index (χ0v) is 13.1. The molecule has 2 aromatic rings. The van der Waals surface area contributed by atoms with Crippen LogP contribution in [0.5, 0.6) is 0 Å². The van der Waals surface area contributed by atoms with E-state index in [2.05, 4.69) is 9.82 Å². The third kappa shape index (κ3) is 3.53. The summed E-state index contributed by atoms with van der Waals surface area (Å²) in [6.45, 7) is 0. The van der Waals surface area contributed by atoms with Gasteiger partial charge in [-0.25, -0.2) is 22.0 Å². The Kier molecular flexibility index (Phi) is 3.97. The molecule has 114 valence electrons. The Labute approximate surface area is 126 Å². The predicted molar refractivity (Wildman–Crippen MR) is 76.8 cm³/mol. The van der Waals surface area contributed by atoms with Crippen LogP contribution < -0.4 is 9.86 Å². The summed E-state index contributed by atoms with van der Waals surface area (Å²) >= 11 is 5.87. The van der Waals surface area contributed by atoms with Crippen LogP contribution in [0.25, 0.3) is 0 Å².